The highest BCUT2D eigenvalue weighted by Crippen LogP contribution is 2.16. The lowest BCUT2D eigenvalue weighted by molar-refractivity contribution is 0.0992. The third-order valence-electron chi connectivity index (χ3n) is 3.15. The predicted molar refractivity (Wildman–Crippen MR) is 70.4 cm³/mol. The van der Waals surface area contributed by atoms with Gasteiger partial charge >= 0.3 is 0 Å². The third kappa shape index (κ3) is 2.65. The van der Waals surface area contributed by atoms with E-state index in [0.717, 1.165) is 16.7 Å². The van der Waals surface area contributed by atoms with Crippen LogP contribution in [0.15, 0.2) is 42.5 Å². The molecule has 92 valence electrons. The van der Waals surface area contributed by atoms with Gasteiger partial charge in [-0.05, 0) is 54.8 Å². The van der Waals surface area contributed by atoms with E-state index in [0.29, 0.717) is 12.0 Å². The molecule has 0 spiro atoms. The van der Waals surface area contributed by atoms with Crippen molar-refractivity contribution in [2.75, 3.05) is 0 Å². The minimum atomic E-state index is -0.321. The van der Waals surface area contributed by atoms with E-state index in [-0.39, 0.29) is 11.6 Å². The molecule has 0 aliphatic carbocycles. The van der Waals surface area contributed by atoms with Crippen molar-refractivity contribution >= 4 is 5.78 Å². The van der Waals surface area contributed by atoms with Crippen LogP contribution < -0.4 is 0 Å². The van der Waals surface area contributed by atoms with Crippen molar-refractivity contribution in [3.63, 3.8) is 0 Å². The van der Waals surface area contributed by atoms with Crippen molar-refractivity contribution < 1.29 is 9.18 Å². The minimum Gasteiger partial charge on any atom is -0.294 e. The van der Waals surface area contributed by atoms with Crippen LogP contribution in [0.3, 0.4) is 0 Å². The smallest absolute Gasteiger partial charge is 0.167 e. The van der Waals surface area contributed by atoms with Gasteiger partial charge in [-0.3, -0.25) is 4.79 Å². The van der Waals surface area contributed by atoms with Crippen molar-refractivity contribution in [3.05, 3.63) is 70.5 Å². The molecule has 0 N–H and O–H groups in total. The molecule has 0 heterocycles. The second kappa shape index (κ2) is 5.13. The molecule has 0 aliphatic rings. The standard InChI is InChI=1S/C16H15FO/c1-11-4-3-5-12(2)15(11)10-16(18)13-6-8-14(17)9-7-13/h3-9H,10H2,1-2H3. The molecule has 0 fully saturated rings. The van der Waals surface area contributed by atoms with E-state index in [2.05, 4.69) is 0 Å². The van der Waals surface area contributed by atoms with Crippen molar-refractivity contribution in [2.24, 2.45) is 0 Å². The second-order valence-corrected chi connectivity index (χ2v) is 4.48. The number of ketones is 1. The normalized spacial score (nSPS) is 10.4. The Morgan fingerprint density at radius 2 is 1.56 bits per heavy atom. The highest BCUT2D eigenvalue weighted by atomic mass is 19.1. The van der Waals surface area contributed by atoms with E-state index in [1.54, 1.807) is 0 Å². The first-order valence-electron chi connectivity index (χ1n) is 5.92. The average Bonchev–Trinajstić information content (AvgIpc) is 2.34. The molecule has 2 heteroatoms. The molecule has 0 radical (unpaired) electrons. The van der Waals surface area contributed by atoms with Crippen LogP contribution in [0.1, 0.15) is 27.0 Å². The molecule has 0 atom stereocenters. The molecule has 0 unspecified atom stereocenters. The summed E-state index contributed by atoms with van der Waals surface area (Å²) >= 11 is 0. The minimum absolute atomic E-state index is 0.0207. The van der Waals surface area contributed by atoms with Gasteiger partial charge in [0.05, 0.1) is 0 Å². The molecule has 2 aromatic carbocycles. The Hall–Kier alpha value is -1.96. The topological polar surface area (TPSA) is 17.1 Å². The van der Waals surface area contributed by atoms with Crippen molar-refractivity contribution in [2.45, 2.75) is 20.3 Å². The van der Waals surface area contributed by atoms with E-state index in [1.165, 1.54) is 24.3 Å². The molecule has 0 amide bonds. The second-order valence-electron chi connectivity index (χ2n) is 4.48. The number of benzene rings is 2. The van der Waals surface area contributed by atoms with Gasteiger partial charge in [0.25, 0.3) is 0 Å². The van der Waals surface area contributed by atoms with Crippen LogP contribution in [-0.2, 0) is 6.42 Å². The zero-order valence-corrected chi connectivity index (χ0v) is 10.5. The quantitative estimate of drug-likeness (QED) is 0.747. The van der Waals surface area contributed by atoms with Gasteiger partial charge in [-0.25, -0.2) is 4.39 Å². The van der Waals surface area contributed by atoms with Crippen LogP contribution in [-0.4, -0.2) is 5.78 Å². The average molecular weight is 242 g/mol. The maximum absolute atomic E-state index is 12.8. The Morgan fingerprint density at radius 1 is 1.00 bits per heavy atom. The number of aryl methyl sites for hydroxylation is 2. The first-order chi connectivity index (χ1) is 8.58. The van der Waals surface area contributed by atoms with Crippen LogP contribution in [0.4, 0.5) is 4.39 Å². The first-order valence-corrected chi connectivity index (χ1v) is 5.92. The van der Waals surface area contributed by atoms with Crippen molar-refractivity contribution in [1.82, 2.24) is 0 Å². The molecule has 2 aromatic rings. The van der Waals surface area contributed by atoms with Gasteiger partial charge in [-0.1, -0.05) is 18.2 Å². The number of hydrogen-bond donors (Lipinski definition) is 0. The maximum Gasteiger partial charge on any atom is 0.167 e. The number of rotatable bonds is 3. The van der Waals surface area contributed by atoms with Gasteiger partial charge in [0.2, 0.25) is 0 Å². The molecule has 0 bridgehead atoms. The number of hydrogen-bond acceptors (Lipinski definition) is 1. The van der Waals surface area contributed by atoms with E-state index in [4.69, 9.17) is 0 Å². The molecular formula is C16H15FO. The zero-order valence-electron chi connectivity index (χ0n) is 10.5. The van der Waals surface area contributed by atoms with Crippen molar-refractivity contribution in [3.8, 4) is 0 Å². The van der Waals surface area contributed by atoms with E-state index >= 15 is 0 Å². The lowest BCUT2D eigenvalue weighted by atomic mass is 9.95. The molecule has 0 saturated carbocycles. The Morgan fingerprint density at radius 3 is 2.11 bits per heavy atom. The van der Waals surface area contributed by atoms with Gasteiger partial charge in [-0.15, -0.1) is 0 Å². The van der Waals surface area contributed by atoms with Crippen LogP contribution in [0.5, 0.6) is 0 Å². The lowest BCUT2D eigenvalue weighted by Crippen LogP contribution is -2.06. The van der Waals surface area contributed by atoms with Crippen molar-refractivity contribution in [1.29, 1.82) is 0 Å². The molecule has 1 nitrogen and oxygen atoms in total. The highest BCUT2D eigenvalue weighted by molar-refractivity contribution is 5.97. The molecule has 2 rings (SSSR count). The van der Waals surface area contributed by atoms with Gasteiger partial charge < -0.3 is 0 Å². The summed E-state index contributed by atoms with van der Waals surface area (Å²) in [6.45, 7) is 4.00. The summed E-state index contributed by atoms with van der Waals surface area (Å²) in [6.07, 6.45) is 0.365. The first kappa shape index (κ1) is 12.5. The molecule has 0 aromatic heterocycles. The summed E-state index contributed by atoms with van der Waals surface area (Å²) in [7, 11) is 0. The Bertz CT molecular complexity index is 550. The predicted octanol–water partition coefficient (Wildman–Crippen LogP) is 3.87. The Kier molecular flexibility index (Phi) is 3.56. The fourth-order valence-corrected chi connectivity index (χ4v) is 2.03. The molecule has 0 saturated heterocycles. The summed E-state index contributed by atoms with van der Waals surface area (Å²) in [5, 5.41) is 0. The molecule has 18 heavy (non-hydrogen) atoms. The van der Waals surface area contributed by atoms with Crippen LogP contribution >= 0.6 is 0 Å². The van der Waals surface area contributed by atoms with Gasteiger partial charge in [0.1, 0.15) is 5.82 Å². The maximum atomic E-state index is 12.8. The summed E-state index contributed by atoms with van der Waals surface area (Å²) in [6, 6.07) is 11.7. The molecular weight excluding hydrogens is 227 g/mol. The van der Waals surface area contributed by atoms with Crippen LogP contribution in [0, 0.1) is 19.7 Å². The Balaban J connectivity index is 2.24. The fourth-order valence-electron chi connectivity index (χ4n) is 2.03. The van der Waals surface area contributed by atoms with Crippen LogP contribution in [0.2, 0.25) is 0 Å². The van der Waals surface area contributed by atoms with Gasteiger partial charge in [0.15, 0.2) is 5.78 Å². The SMILES string of the molecule is Cc1cccc(C)c1CC(=O)c1ccc(F)cc1. The summed E-state index contributed by atoms with van der Waals surface area (Å²) in [4.78, 5) is 12.1. The molecule has 0 aliphatic heterocycles. The number of Topliss-reactive ketones (excluding diaryl/α,β-unsaturated/α-hetero) is 1. The van der Waals surface area contributed by atoms with E-state index < -0.39 is 0 Å². The van der Waals surface area contributed by atoms with E-state index in [9.17, 15) is 9.18 Å². The largest absolute Gasteiger partial charge is 0.294 e. The highest BCUT2D eigenvalue weighted by Gasteiger charge is 2.10. The number of carbonyl (C=O) groups excluding carboxylic acids is 1. The summed E-state index contributed by atoms with van der Waals surface area (Å²) in [5.41, 5.74) is 3.85. The monoisotopic (exact) mass is 242 g/mol. The van der Waals surface area contributed by atoms with Gasteiger partial charge in [0, 0.05) is 12.0 Å². The Labute approximate surface area is 106 Å². The third-order valence-corrected chi connectivity index (χ3v) is 3.15. The van der Waals surface area contributed by atoms with Crippen LogP contribution in [0.25, 0.3) is 0 Å². The zero-order chi connectivity index (χ0) is 13.1. The number of halogens is 1. The summed E-state index contributed by atoms with van der Waals surface area (Å²) in [5.74, 6) is -0.300. The fraction of sp³-hybridized carbons (Fsp3) is 0.188. The van der Waals surface area contributed by atoms with Gasteiger partial charge in [-0.2, -0.15) is 0 Å². The van der Waals surface area contributed by atoms with E-state index in [1.807, 2.05) is 32.0 Å². The summed E-state index contributed by atoms with van der Waals surface area (Å²) < 4.78 is 12.8. The lowest BCUT2D eigenvalue weighted by Gasteiger charge is -2.08. The number of carbonyl (C=O) groups is 1.